The van der Waals surface area contributed by atoms with Crippen LogP contribution in [0.4, 0.5) is 5.69 Å². The van der Waals surface area contributed by atoms with Gasteiger partial charge in [-0.2, -0.15) is 0 Å². The third-order valence-corrected chi connectivity index (χ3v) is 4.16. The van der Waals surface area contributed by atoms with Crippen molar-refractivity contribution in [1.29, 1.82) is 0 Å². The van der Waals surface area contributed by atoms with Crippen LogP contribution >= 0.6 is 11.6 Å². The molecular formula is C19H17ClN4O4. The Labute approximate surface area is 165 Å². The first-order valence-electron chi connectivity index (χ1n) is 8.32. The number of rotatable bonds is 6. The maximum atomic E-state index is 12.4. The molecule has 0 fully saturated rings. The van der Waals surface area contributed by atoms with Gasteiger partial charge >= 0.3 is 0 Å². The lowest BCUT2D eigenvalue weighted by atomic mass is 10.2. The molecule has 3 rings (SSSR count). The predicted molar refractivity (Wildman–Crippen MR) is 106 cm³/mol. The van der Waals surface area contributed by atoms with E-state index < -0.39 is 11.8 Å². The number of fused-ring (bicyclic) bond motifs is 1. The smallest absolute Gasteiger partial charge is 0.261 e. The van der Waals surface area contributed by atoms with E-state index in [4.69, 9.17) is 16.3 Å². The molecule has 0 atom stereocenters. The molecule has 0 saturated carbocycles. The van der Waals surface area contributed by atoms with Crippen LogP contribution in [0.5, 0.6) is 5.75 Å². The first-order chi connectivity index (χ1) is 13.5. The summed E-state index contributed by atoms with van der Waals surface area (Å²) in [5.41, 5.74) is 0.622. The monoisotopic (exact) mass is 400 g/mol. The average molecular weight is 401 g/mol. The minimum Gasteiger partial charge on any atom is -0.495 e. The zero-order chi connectivity index (χ0) is 20.1. The van der Waals surface area contributed by atoms with E-state index in [0.717, 1.165) is 0 Å². The second-order valence-electron chi connectivity index (χ2n) is 5.86. The number of methoxy groups -OCH3 is 1. The van der Waals surface area contributed by atoms with Gasteiger partial charge in [0.05, 0.1) is 36.6 Å². The van der Waals surface area contributed by atoms with Gasteiger partial charge in [-0.25, -0.2) is 4.98 Å². The van der Waals surface area contributed by atoms with Gasteiger partial charge in [-0.05, 0) is 30.3 Å². The van der Waals surface area contributed by atoms with Crippen LogP contribution in [0.3, 0.4) is 0 Å². The number of ether oxygens (including phenoxy) is 1. The number of benzene rings is 2. The van der Waals surface area contributed by atoms with E-state index in [1.807, 2.05) is 0 Å². The first kappa shape index (κ1) is 19.4. The third kappa shape index (κ3) is 4.47. The number of halogens is 1. The normalized spacial score (nSPS) is 10.5. The molecule has 2 aromatic carbocycles. The number of amides is 2. The molecule has 0 saturated heterocycles. The van der Waals surface area contributed by atoms with E-state index in [2.05, 4.69) is 15.6 Å². The number of hydrogen-bond donors (Lipinski definition) is 2. The molecule has 0 aliphatic carbocycles. The Bertz CT molecular complexity index is 1100. The summed E-state index contributed by atoms with van der Waals surface area (Å²) in [4.78, 5) is 40.7. The molecule has 0 aliphatic heterocycles. The Morgan fingerprint density at radius 3 is 2.75 bits per heavy atom. The second-order valence-corrected chi connectivity index (χ2v) is 6.30. The van der Waals surface area contributed by atoms with Crippen molar-refractivity contribution in [3.05, 3.63) is 64.2 Å². The maximum Gasteiger partial charge on any atom is 0.261 e. The summed E-state index contributed by atoms with van der Waals surface area (Å²) in [6.07, 6.45) is 1.31. The first-order valence-corrected chi connectivity index (χ1v) is 8.70. The molecule has 144 valence electrons. The molecule has 0 spiro atoms. The molecule has 0 unspecified atom stereocenters. The topological polar surface area (TPSA) is 102 Å². The molecule has 2 amide bonds. The molecule has 0 aliphatic rings. The van der Waals surface area contributed by atoms with E-state index in [0.29, 0.717) is 27.4 Å². The number of anilines is 1. The van der Waals surface area contributed by atoms with Crippen LogP contribution in [0.2, 0.25) is 5.02 Å². The van der Waals surface area contributed by atoms with Crippen LogP contribution < -0.4 is 20.9 Å². The number of nitrogens with one attached hydrogen (secondary N) is 2. The summed E-state index contributed by atoms with van der Waals surface area (Å²) in [7, 11) is 1.47. The predicted octanol–water partition coefficient (Wildman–Crippen LogP) is 1.81. The fourth-order valence-electron chi connectivity index (χ4n) is 2.58. The van der Waals surface area contributed by atoms with Crippen LogP contribution in [-0.2, 0) is 16.1 Å². The minimum atomic E-state index is -0.493. The van der Waals surface area contributed by atoms with Crippen molar-refractivity contribution in [3.8, 4) is 5.75 Å². The molecule has 3 aromatic rings. The molecule has 9 heteroatoms. The Kier molecular flexibility index (Phi) is 5.90. The highest BCUT2D eigenvalue weighted by molar-refractivity contribution is 6.31. The largest absolute Gasteiger partial charge is 0.495 e. The molecule has 2 N–H and O–H groups in total. The molecule has 0 bridgehead atoms. The lowest BCUT2D eigenvalue weighted by molar-refractivity contribution is -0.124. The number of carbonyl (C=O) groups is 2. The van der Waals surface area contributed by atoms with Crippen LogP contribution in [0.1, 0.15) is 0 Å². The van der Waals surface area contributed by atoms with E-state index in [9.17, 15) is 14.4 Å². The Hall–Kier alpha value is -3.39. The van der Waals surface area contributed by atoms with E-state index in [1.165, 1.54) is 18.0 Å². The van der Waals surface area contributed by atoms with Gasteiger partial charge in [0.15, 0.2) is 0 Å². The van der Waals surface area contributed by atoms with Gasteiger partial charge < -0.3 is 15.4 Å². The molecule has 8 nitrogen and oxygen atoms in total. The third-order valence-electron chi connectivity index (χ3n) is 3.93. The summed E-state index contributed by atoms with van der Waals surface area (Å²) < 4.78 is 6.34. The van der Waals surface area contributed by atoms with Gasteiger partial charge in [-0.1, -0.05) is 23.7 Å². The van der Waals surface area contributed by atoms with Gasteiger partial charge in [0, 0.05) is 5.02 Å². The van der Waals surface area contributed by atoms with Gasteiger partial charge in [0.25, 0.3) is 5.56 Å². The lowest BCUT2D eigenvalue weighted by Gasteiger charge is -2.11. The van der Waals surface area contributed by atoms with Gasteiger partial charge in [-0.3, -0.25) is 19.0 Å². The highest BCUT2D eigenvalue weighted by atomic mass is 35.5. The van der Waals surface area contributed by atoms with E-state index >= 15 is 0 Å². The quantitative estimate of drug-likeness (QED) is 0.657. The summed E-state index contributed by atoms with van der Waals surface area (Å²) in [5, 5.41) is 5.93. The summed E-state index contributed by atoms with van der Waals surface area (Å²) in [5.74, 6) is -0.511. The van der Waals surface area contributed by atoms with Crippen LogP contribution in [0.15, 0.2) is 53.6 Å². The Morgan fingerprint density at radius 2 is 1.96 bits per heavy atom. The minimum absolute atomic E-state index is 0.246. The Balaban J connectivity index is 1.60. The highest BCUT2D eigenvalue weighted by Crippen LogP contribution is 2.27. The number of hydrogen-bond acceptors (Lipinski definition) is 5. The number of aromatic nitrogens is 2. The average Bonchev–Trinajstić information content (AvgIpc) is 2.69. The van der Waals surface area contributed by atoms with E-state index in [-0.39, 0.29) is 18.6 Å². The molecule has 0 radical (unpaired) electrons. The fraction of sp³-hybridized carbons (Fsp3) is 0.158. The molecular weight excluding hydrogens is 384 g/mol. The second kappa shape index (κ2) is 8.53. The van der Waals surface area contributed by atoms with Gasteiger partial charge in [0.1, 0.15) is 12.3 Å². The van der Waals surface area contributed by atoms with Gasteiger partial charge in [0.2, 0.25) is 11.8 Å². The zero-order valence-electron chi connectivity index (χ0n) is 14.9. The molecule has 1 aromatic heterocycles. The summed E-state index contributed by atoms with van der Waals surface area (Å²) >= 11 is 5.92. The van der Waals surface area contributed by atoms with Crippen molar-refractivity contribution in [2.24, 2.45) is 0 Å². The van der Waals surface area contributed by atoms with Crippen LogP contribution in [-0.4, -0.2) is 35.0 Å². The number of para-hydroxylation sites is 1. The number of carbonyl (C=O) groups excluding carboxylic acids is 2. The molecule has 1 heterocycles. The summed E-state index contributed by atoms with van der Waals surface area (Å²) in [6, 6.07) is 11.7. The maximum absolute atomic E-state index is 12.4. The Morgan fingerprint density at radius 1 is 1.18 bits per heavy atom. The van der Waals surface area contributed by atoms with Crippen molar-refractivity contribution in [2.45, 2.75) is 6.54 Å². The molecule has 28 heavy (non-hydrogen) atoms. The van der Waals surface area contributed by atoms with Crippen LogP contribution in [0.25, 0.3) is 10.9 Å². The van der Waals surface area contributed by atoms with Crippen LogP contribution in [0, 0.1) is 0 Å². The number of nitrogens with zero attached hydrogens (tertiary/aromatic N) is 2. The fourth-order valence-corrected chi connectivity index (χ4v) is 2.75. The van der Waals surface area contributed by atoms with Crippen molar-refractivity contribution in [2.75, 3.05) is 19.0 Å². The zero-order valence-corrected chi connectivity index (χ0v) is 15.7. The van der Waals surface area contributed by atoms with Gasteiger partial charge in [-0.15, -0.1) is 0 Å². The van der Waals surface area contributed by atoms with E-state index in [1.54, 1.807) is 42.5 Å². The lowest BCUT2D eigenvalue weighted by Crippen LogP contribution is -2.37. The van der Waals surface area contributed by atoms with Crippen molar-refractivity contribution < 1.29 is 14.3 Å². The van der Waals surface area contributed by atoms with Crippen molar-refractivity contribution in [3.63, 3.8) is 0 Å². The van der Waals surface area contributed by atoms with Crippen molar-refractivity contribution in [1.82, 2.24) is 14.9 Å². The standard InChI is InChI=1S/C19H17ClN4O4/c1-28-16-7-6-12(20)8-15(16)23-17(25)9-21-18(26)10-24-11-22-14-5-3-2-4-13(14)19(24)27/h2-8,11H,9-10H2,1H3,(H,21,26)(H,23,25). The summed E-state index contributed by atoms with van der Waals surface area (Å²) in [6.45, 7) is -0.519. The van der Waals surface area contributed by atoms with Crippen molar-refractivity contribution >= 4 is 40.0 Å². The highest BCUT2D eigenvalue weighted by Gasteiger charge is 2.11. The SMILES string of the molecule is COc1ccc(Cl)cc1NC(=O)CNC(=O)Cn1cnc2ccccc2c1=O.